The first-order valence-electron chi connectivity index (χ1n) is 11.9. The van der Waals surface area contributed by atoms with Gasteiger partial charge in [-0.3, -0.25) is 14.6 Å². The Morgan fingerprint density at radius 3 is 2.51 bits per heavy atom. The van der Waals surface area contributed by atoms with E-state index >= 15 is 0 Å². The minimum atomic E-state index is -0.602. The highest BCUT2D eigenvalue weighted by molar-refractivity contribution is 5.95. The number of aryl methyl sites for hydroxylation is 2. The molecule has 1 unspecified atom stereocenters. The molecule has 1 saturated heterocycles. The van der Waals surface area contributed by atoms with Crippen molar-refractivity contribution in [2.45, 2.75) is 26.8 Å². The van der Waals surface area contributed by atoms with E-state index in [1.165, 1.54) is 11.2 Å². The maximum absolute atomic E-state index is 13.2. The van der Waals surface area contributed by atoms with E-state index < -0.39 is 12.0 Å². The monoisotopic (exact) mass is 480 g/mol. The predicted octanol–water partition coefficient (Wildman–Crippen LogP) is 2.87. The molecule has 0 bridgehead atoms. The number of rotatable bonds is 6. The third-order valence-corrected chi connectivity index (χ3v) is 6.57. The Hall–Kier alpha value is -3.59. The van der Waals surface area contributed by atoms with Gasteiger partial charge in [-0.15, -0.1) is 0 Å². The molecule has 1 aromatic heterocycles. The highest BCUT2D eigenvalue weighted by Crippen LogP contribution is 2.33. The number of carbonyl (C=O) groups is 3. The van der Waals surface area contributed by atoms with Crippen LogP contribution in [0.4, 0.5) is 4.79 Å². The number of piperazine rings is 1. The van der Waals surface area contributed by atoms with Crippen LogP contribution in [0.15, 0.2) is 52.3 Å². The van der Waals surface area contributed by atoms with Gasteiger partial charge in [-0.25, -0.2) is 9.59 Å². The van der Waals surface area contributed by atoms with Crippen LogP contribution in [0.5, 0.6) is 0 Å². The summed E-state index contributed by atoms with van der Waals surface area (Å²) in [6, 6.07) is 8.45. The number of urea groups is 1. The number of furan rings is 1. The van der Waals surface area contributed by atoms with Crippen LogP contribution < -0.4 is 5.32 Å². The molecule has 1 aromatic carbocycles. The van der Waals surface area contributed by atoms with Gasteiger partial charge in [0, 0.05) is 45.5 Å². The SMILES string of the molecule is CCOC(=O)C1=C(CN2CCN(C(=O)c3ccco3)CC2)N(C)C(=O)NC1c1ccc(C)cc1C. The van der Waals surface area contributed by atoms with Gasteiger partial charge in [-0.05, 0) is 44.0 Å². The number of nitrogens with one attached hydrogen (secondary N) is 1. The Balaban J connectivity index is 1.61. The third kappa shape index (κ3) is 5.09. The van der Waals surface area contributed by atoms with Crippen molar-refractivity contribution in [3.63, 3.8) is 0 Å². The van der Waals surface area contributed by atoms with Crippen molar-refractivity contribution in [1.82, 2.24) is 20.0 Å². The summed E-state index contributed by atoms with van der Waals surface area (Å²) in [7, 11) is 1.67. The first-order chi connectivity index (χ1) is 16.8. The van der Waals surface area contributed by atoms with E-state index in [1.807, 2.05) is 32.0 Å². The molecule has 1 N–H and O–H groups in total. The van der Waals surface area contributed by atoms with Gasteiger partial charge in [0.25, 0.3) is 5.91 Å². The number of hydrogen-bond acceptors (Lipinski definition) is 6. The number of carbonyl (C=O) groups excluding carboxylic acids is 3. The number of esters is 1. The van der Waals surface area contributed by atoms with Gasteiger partial charge >= 0.3 is 12.0 Å². The van der Waals surface area contributed by atoms with Crippen LogP contribution in [0.3, 0.4) is 0 Å². The molecule has 2 aromatic rings. The second-order valence-electron chi connectivity index (χ2n) is 8.93. The van der Waals surface area contributed by atoms with E-state index in [2.05, 4.69) is 10.2 Å². The summed E-state index contributed by atoms with van der Waals surface area (Å²) in [4.78, 5) is 44.2. The van der Waals surface area contributed by atoms with E-state index in [4.69, 9.17) is 9.15 Å². The minimum absolute atomic E-state index is 0.134. The number of amides is 3. The van der Waals surface area contributed by atoms with Gasteiger partial charge in [-0.2, -0.15) is 0 Å². The summed E-state index contributed by atoms with van der Waals surface area (Å²) in [5, 5.41) is 2.98. The maximum atomic E-state index is 13.2. The molecule has 9 heteroatoms. The molecule has 35 heavy (non-hydrogen) atoms. The second-order valence-corrected chi connectivity index (χ2v) is 8.93. The summed E-state index contributed by atoms with van der Waals surface area (Å²) in [5.41, 5.74) is 4.02. The quantitative estimate of drug-likeness (QED) is 0.639. The minimum Gasteiger partial charge on any atom is -0.463 e. The smallest absolute Gasteiger partial charge is 0.338 e. The zero-order chi connectivity index (χ0) is 25.1. The van der Waals surface area contributed by atoms with Gasteiger partial charge in [0.05, 0.1) is 24.5 Å². The highest BCUT2D eigenvalue weighted by Gasteiger charge is 2.38. The molecule has 1 fully saturated rings. The number of hydrogen-bond donors (Lipinski definition) is 1. The molecular weight excluding hydrogens is 448 g/mol. The van der Waals surface area contributed by atoms with E-state index in [-0.39, 0.29) is 18.5 Å². The van der Waals surface area contributed by atoms with Gasteiger partial charge in [0.15, 0.2) is 5.76 Å². The van der Waals surface area contributed by atoms with Crippen LogP contribution >= 0.6 is 0 Å². The first kappa shape index (κ1) is 24.5. The highest BCUT2D eigenvalue weighted by atomic mass is 16.5. The van der Waals surface area contributed by atoms with Crippen LogP contribution in [0.25, 0.3) is 0 Å². The summed E-state index contributed by atoms with van der Waals surface area (Å²) >= 11 is 0. The number of benzene rings is 1. The molecule has 3 amide bonds. The van der Waals surface area contributed by atoms with Gasteiger partial charge < -0.3 is 19.4 Å². The molecule has 9 nitrogen and oxygen atoms in total. The second kappa shape index (κ2) is 10.4. The molecule has 186 valence electrons. The van der Waals surface area contributed by atoms with E-state index in [0.717, 1.165) is 16.7 Å². The third-order valence-electron chi connectivity index (χ3n) is 6.57. The Bertz CT molecular complexity index is 1130. The Kier molecular flexibility index (Phi) is 7.25. The van der Waals surface area contributed by atoms with Gasteiger partial charge in [0.2, 0.25) is 0 Å². The first-order valence-corrected chi connectivity index (χ1v) is 11.9. The number of nitrogens with zero attached hydrogens (tertiary/aromatic N) is 3. The van der Waals surface area contributed by atoms with E-state index in [0.29, 0.717) is 49.8 Å². The lowest BCUT2D eigenvalue weighted by Crippen LogP contribution is -2.53. The zero-order valence-corrected chi connectivity index (χ0v) is 20.7. The molecule has 4 rings (SSSR count). The Morgan fingerprint density at radius 2 is 1.89 bits per heavy atom. The fourth-order valence-corrected chi connectivity index (χ4v) is 4.66. The van der Waals surface area contributed by atoms with Crippen molar-refractivity contribution in [1.29, 1.82) is 0 Å². The van der Waals surface area contributed by atoms with Crippen LogP contribution in [0, 0.1) is 13.8 Å². The fourth-order valence-electron chi connectivity index (χ4n) is 4.66. The summed E-state index contributed by atoms with van der Waals surface area (Å²) in [6.45, 7) is 8.65. The van der Waals surface area contributed by atoms with Crippen molar-refractivity contribution >= 4 is 17.9 Å². The van der Waals surface area contributed by atoms with Crippen molar-refractivity contribution < 1.29 is 23.5 Å². The average Bonchev–Trinajstić information content (AvgIpc) is 3.37. The lowest BCUT2D eigenvalue weighted by Gasteiger charge is -2.39. The van der Waals surface area contributed by atoms with Crippen LogP contribution in [-0.2, 0) is 9.53 Å². The topological polar surface area (TPSA) is 95.3 Å². The van der Waals surface area contributed by atoms with Crippen molar-refractivity contribution in [3.05, 3.63) is 70.3 Å². The maximum Gasteiger partial charge on any atom is 0.338 e. The molecule has 0 radical (unpaired) electrons. The van der Waals surface area contributed by atoms with Crippen LogP contribution in [0.2, 0.25) is 0 Å². The lowest BCUT2D eigenvalue weighted by molar-refractivity contribution is -0.139. The number of ether oxygens (including phenoxy) is 1. The number of likely N-dealkylation sites (N-methyl/N-ethyl adjacent to an activating group) is 1. The molecule has 0 saturated carbocycles. The summed E-state index contributed by atoms with van der Waals surface area (Å²) < 4.78 is 10.7. The standard InChI is InChI=1S/C26H32N4O5/c1-5-34-25(32)22-20(16-29-10-12-30(13-11-29)24(31)21-7-6-14-35-21)28(4)26(33)27-23(22)19-9-8-17(2)15-18(19)3/h6-9,14-15,23H,5,10-13,16H2,1-4H3,(H,27,33). The van der Waals surface area contributed by atoms with Crippen LogP contribution in [0.1, 0.15) is 40.2 Å². The summed E-state index contributed by atoms with van der Waals surface area (Å²) in [6.07, 6.45) is 1.49. The largest absolute Gasteiger partial charge is 0.463 e. The van der Waals surface area contributed by atoms with Crippen LogP contribution in [-0.4, -0.2) is 79.0 Å². The fraction of sp³-hybridized carbons (Fsp3) is 0.423. The molecule has 3 heterocycles. The van der Waals surface area contributed by atoms with E-state index in [9.17, 15) is 14.4 Å². The average molecular weight is 481 g/mol. The van der Waals surface area contributed by atoms with Crippen molar-refractivity contribution in [2.24, 2.45) is 0 Å². The zero-order valence-electron chi connectivity index (χ0n) is 20.7. The predicted molar refractivity (Wildman–Crippen MR) is 130 cm³/mol. The lowest BCUT2D eigenvalue weighted by atomic mass is 9.90. The normalized spacial score (nSPS) is 19.1. The van der Waals surface area contributed by atoms with E-state index in [1.54, 1.807) is 31.0 Å². The molecule has 0 aliphatic carbocycles. The molecule has 1 atom stereocenters. The molecule has 2 aliphatic rings. The molecule has 2 aliphatic heterocycles. The van der Waals surface area contributed by atoms with Crippen molar-refractivity contribution in [2.75, 3.05) is 46.4 Å². The molecule has 0 spiro atoms. The molecular formula is C26H32N4O5. The summed E-state index contributed by atoms with van der Waals surface area (Å²) in [5.74, 6) is -0.248. The Morgan fingerprint density at radius 1 is 1.14 bits per heavy atom. The Labute approximate surface area is 205 Å². The van der Waals surface area contributed by atoms with Crippen molar-refractivity contribution in [3.8, 4) is 0 Å². The van der Waals surface area contributed by atoms with Gasteiger partial charge in [0.1, 0.15) is 0 Å². The van der Waals surface area contributed by atoms with Gasteiger partial charge in [-0.1, -0.05) is 23.8 Å².